The molecule has 0 atom stereocenters. The molecule has 0 aliphatic carbocycles. The number of nitrogens with one attached hydrogen (secondary N) is 1. The lowest BCUT2D eigenvalue weighted by atomic mass is 10.1. The van der Waals surface area contributed by atoms with Gasteiger partial charge >= 0.3 is 0 Å². The van der Waals surface area contributed by atoms with Gasteiger partial charge in [-0.25, -0.2) is 4.98 Å². The molecule has 1 heterocycles. The first-order valence-corrected chi connectivity index (χ1v) is 6.04. The highest BCUT2D eigenvalue weighted by Gasteiger charge is 2.11. The summed E-state index contributed by atoms with van der Waals surface area (Å²) in [5.74, 6) is 1.17. The Morgan fingerprint density at radius 2 is 1.95 bits per heavy atom. The molecule has 4 heteroatoms. The third-order valence-electron chi connectivity index (χ3n) is 3.01. The van der Waals surface area contributed by atoms with Crippen molar-refractivity contribution in [1.82, 2.24) is 4.98 Å². The van der Waals surface area contributed by atoms with Crippen LogP contribution < -0.4 is 10.5 Å². The summed E-state index contributed by atoms with van der Waals surface area (Å²) in [6, 6.07) is 7.61. The van der Waals surface area contributed by atoms with E-state index in [-0.39, 0.29) is 5.84 Å². The molecular formula is C15H17N3O. The largest absolute Gasteiger partial charge is 0.455 e. The Kier molecular flexibility index (Phi) is 3.51. The van der Waals surface area contributed by atoms with E-state index >= 15 is 0 Å². The first-order chi connectivity index (χ1) is 8.99. The number of nitrogens with two attached hydrogens (primary N) is 1. The molecule has 0 fully saturated rings. The second-order valence-corrected chi connectivity index (χ2v) is 4.57. The molecule has 0 saturated heterocycles. The van der Waals surface area contributed by atoms with Crippen LogP contribution in [0.3, 0.4) is 0 Å². The molecule has 3 N–H and O–H groups in total. The maximum atomic E-state index is 7.52. The van der Waals surface area contributed by atoms with Crippen molar-refractivity contribution in [3.05, 3.63) is 52.8 Å². The minimum Gasteiger partial charge on any atom is -0.455 e. The van der Waals surface area contributed by atoms with E-state index in [0.717, 1.165) is 16.9 Å². The number of benzene rings is 1. The number of amidine groups is 1. The van der Waals surface area contributed by atoms with E-state index in [1.165, 1.54) is 5.56 Å². The number of hydrogen-bond donors (Lipinski definition) is 2. The number of ether oxygens (including phenoxy) is 1. The average Bonchev–Trinajstić information content (AvgIpc) is 2.35. The minimum absolute atomic E-state index is 0.0994. The van der Waals surface area contributed by atoms with Gasteiger partial charge in [0.2, 0.25) is 0 Å². The second-order valence-electron chi connectivity index (χ2n) is 4.57. The summed E-state index contributed by atoms with van der Waals surface area (Å²) in [4.78, 5) is 4.07. The van der Waals surface area contributed by atoms with Crippen molar-refractivity contribution in [2.75, 3.05) is 0 Å². The summed E-state index contributed by atoms with van der Waals surface area (Å²) in [6.45, 7) is 6.08. The van der Waals surface area contributed by atoms with E-state index in [1.807, 2.05) is 26.8 Å². The third-order valence-corrected chi connectivity index (χ3v) is 3.01. The van der Waals surface area contributed by atoms with Gasteiger partial charge in [0.15, 0.2) is 5.75 Å². The summed E-state index contributed by atoms with van der Waals surface area (Å²) >= 11 is 0. The molecule has 1 aromatic carbocycles. The maximum Gasteiger partial charge on any atom is 0.156 e. The number of aromatic nitrogens is 1. The minimum atomic E-state index is -0.0994. The summed E-state index contributed by atoms with van der Waals surface area (Å²) in [7, 11) is 0. The number of rotatable bonds is 3. The van der Waals surface area contributed by atoms with Crippen molar-refractivity contribution < 1.29 is 4.74 Å². The predicted molar refractivity (Wildman–Crippen MR) is 76.0 cm³/mol. The van der Waals surface area contributed by atoms with E-state index in [9.17, 15) is 0 Å². The zero-order chi connectivity index (χ0) is 14.0. The van der Waals surface area contributed by atoms with E-state index in [4.69, 9.17) is 15.9 Å². The number of nitrogens with zero attached hydrogens (tertiary/aromatic N) is 1. The molecule has 19 heavy (non-hydrogen) atoms. The fraction of sp³-hybridized carbons (Fsp3) is 0.200. The zero-order valence-corrected chi connectivity index (χ0v) is 11.3. The normalized spacial score (nSPS) is 10.3. The molecule has 98 valence electrons. The first-order valence-electron chi connectivity index (χ1n) is 6.04. The highest BCUT2D eigenvalue weighted by atomic mass is 16.5. The van der Waals surface area contributed by atoms with Gasteiger partial charge in [0, 0.05) is 6.20 Å². The van der Waals surface area contributed by atoms with Gasteiger partial charge in [-0.3, -0.25) is 5.41 Å². The van der Waals surface area contributed by atoms with Crippen LogP contribution in [0.15, 0.2) is 30.5 Å². The van der Waals surface area contributed by atoms with Gasteiger partial charge in [0.05, 0.1) is 0 Å². The molecule has 0 unspecified atom stereocenters. The summed E-state index contributed by atoms with van der Waals surface area (Å²) in [5, 5.41) is 7.52. The molecule has 4 nitrogen and oxygen atoms in total. The van der Waals surface area contributed by atoms with Gasteiger partial charge in [0.1, 0.15) is 17.3 Å². The number of nitrogen functional groups attached to an aromatic ring is 1. The van der Waals surface area contributed by atoms with Gasteiger partial charge in [0.25, 0.3) is 0 Å². The number of aryl methyl sites for hydroxylation is 2. The van der Waals surface area contributed by atoms with Gasteiger partial charge in [-0.15, -0.1) is 0 Å². The molecule has 0 amide bonds. The molecule has 0 aliphatic rings. The Labute approximate surface area is 112 Å². The smallest absolute Gasteiger partial charge is 0.156 e. The quantitative estimate of drug-likeness (QED) is 0.654. The monoisotopic (exact) mass is 255 g/mol. The zero-order valence-electron chi connectivity index (χ0n) is 11.3. The molecule has 0 bridgehead atoms. The van der Waals surface area contributed by atoms with Crippen LogP contribution in [0.25, 0.3) is 0 Å². The van der Waals surface area contributed by atoms with Crippen LogP contribution in [0.5, 0.6) is 11.5 Å². The highest BCUT2D eigenvalue weighted by Crippen LogP contribution is 2.29. The van der Waals surface area contributed by atoms with Crippen LogP contribution in [0.2, 0.25) is 0 Å². The van der Waals surface area contributed by atoms with Crippen LogP contribution in [0.4, 0.5) is 0 Å². The van der Waals surface area contributed by atoms with Crippen molar-refractivity contribution in [3.8, 4) is 11.5 Å². The Morgan fingerprint density at radius 3 is 2.63 bits per heavy atom. The van der Waals surface area contributed by atoms with E-state index in [0.29, 0.717) is 11.4 Å². The van der Waals surface area contributed by atoms with Crippen molar-refractivity contribution in [2.24, 2.45) is 5.73 Å². The lowest BCUT2D eigenvalue weighted by Crippen LogP contribution is -2.14. The molecule has 2 aromatic rings. The van der Waals surface area contributed by atoms with Gasteiger partial charge in [-0.05, 0) is 55.7 Å². The van der Waals surface area contributed by atoms with Crippen LogP contribution in [-0.2, 0) is 0 Å². The lowest BCUT2D eigenvalue weighted by Gasteiger charge is -2.13. The van der Waals surface area contributed by atoms with Crippen molar-refractivity contribution >= 4 is 5.84 Å². The van der Waals surface area contributed by atoms with Crippen LogP contribution in [0.1, 0.15) is 22.4 Å². The van der Waals surface area contributed by atoms with E-state index in [1.54, 1.807) is 18.3 Å². The summed E-state index contributed by atoms with van der Waals surface area (Å²) in [6.07, 6.45) is 1.60. The van der Waals surface area contributed by atoms with E-state index in [2.05, 4.69) is 11.1 Å². The Morgan fingerprint density at radius 1 is 1.21 bits per heavy atom. The second kappa shape index (κ2) is 5.10. The Hall–Kier alpha value is -2.36. The fourth-order valence-corrected chi connectivity index (χ4v) is 1.90. The fourth-order valence-electron chi connectivity index (χ4n) is 1.90. The number of pyridine rings is 1. The van der Waals surface area contributed by atoms with Crippen LogP contribution in [0, 0.1) is 26.2 Å². The average molecular weight is 255 g/mol. The molecule has 1 aromatic heterocycles. The number of hydrogen-bond acceptors (Lipinski definition) is 3. The topological polar surface area (TPSA) is 72.0 Å². The maximum absolute atomic E-state index is 7.52. The van der Waals surface area contributed by atoms with Crippen molar-refractivity contribution in [1.29, 1.82) is 5.41 Å². The molecule has 0 saturated carbocycles. The molecule has 0 aliphatic heterocycles. The van der Waals surface area contributed by atoms with Crippen LogP contribution >= 0.6 is 0 Å². The SMILES string of the molecule is Cc1cc(C)c(C)c(Oc2cccnc2C(=N)N)c1. The highest BCUT2D eigenvalue weighted by molar-refractivity contribution is 5.95. The van der Waals surface area contributed by atoms with Crippen LogP contribution in [-0.4, -0.2) is 10.8 Å². The standard InChI is InChI=1S/C15H17N3O/c1-9-7-10(2)11(3)13(8-9)19-12-5-4-6-18-14(12)15(16)17/h4-8H,1-3H3,(H3,16,17). The Balaban J connectivity index is 2.45. The lowest BCUT2D eigenvalue weighted by molar-refractivity contribution is 0.474. The Bertz CT molecular complexity index is 635. The summed E-state index contributed by atoms with van der Waals surface area (Å²) < 4.78 is 5.88. The molecule has 0 spiro atoms. The van der Waals surface area contributed by atoms with Crippen molar-refractivity contribution in [3.63, 3.8) is 0 Å². The molecular weight excluding hydrogens is 238 g/mol. The van der Waals surface area contributed by atoms with Gasteiger partial charge < -0.3 is 10.5 Å². The third kappa shape index (κ3) is 2.73. The van der Waals surface area contributed by atoms with E-state index < -0.39 is 0 Å². The molecule has 0 radical (unpaired) electrons. The summed E-state index contributed by atoms with van der Waals surface area (Å²) in [5.41, 5.74) is 9.24. The predicted octanol–water partition coefficient (Wildman–Crippen LogP) is 3.08. The molecule has 2 rings (SSSR count). The first kappa shape index (κ1) is 13.1. The van der Waals surface area contributed by atoms with Crippen molar-refractivity contribution in [2.45, 2.75) is 20.8 Å². The van der Waals surface area contributed by atoms with Gasteiger partial charge in [-0.1, -0.05) is 6.07 Å². The van der Waals surface area contributed by atoms with Gasteiger partial charge in [-0.2, -0.15) is 0 Å².